The van der Waals surface area contributed by atoms with E-state index >= 15 is 0 Å². The summed E-state index contributed by atoms with van der Waals surface area (Å²) in [4.78, 5) is 13.2. The van der Waals surface area contributed by atoms with Gasteiger partial charge in [0.15, 0.2) is 5.78 Å². The van der Waals surface area contributed by atoms with Crippen molar-refractivity contribution in [1.29, 1.82) is 0 Å². The van der Waals surface area contributed by atoms with Crippen LogP contribution in [0.3, 0.4) is 0 Å². The Bertz CT molecular complexity index is 571. The quantitative estimate of drug-likeness (QED) is 0.802. The number of hydrogen-bond acceptors (Lipinski definition) is 3. The molecule has 0 saturated carbocycles. The lowest BCUT2D eigenvalue weighted by Crippen LogP contribution is -2.05. The molecule has 5 heteroatoms. The second-order valence-corrected chi connectivity index (χ2v) is 5.77. The Morgan fingerprint density at radius 2 is 2.18 bits per heavy atom. The lowest BCUT2D eigenvalue weighted by Gasteiger charge is -1.99. The summed E-state index contributed by atoms with van der Waals surface area (Å²) in [6.45, 7) is 3.77. The van der Waals surface area contributed by atoms with E-state index in [-0.39, 0.29) is 5.78 Å². The van der Waals surface area contributed by atoms with Crippen molar-refractivity contribution in [1.82, 2.24) is 9.78 Å². The van der Waals surface area contributed by atoms with Gasteiger partial charge in [0.2, 0.25) is 0 Å². The molecule has 0 aliphatic carbocycles. The van der Waals surface area contributed by atoms with Crippen LogP contribution in [-0.4, -0.2) is 15.6 Å². The second kappa shape index (κ2) is 4.63. The smallest absolute Gasteiger partial charge is 0.171 e. The zero-order chi connectivity index (χ0) is 12.6. The molecule has 0 unspecified atom stereocenters. The average Bonchev–Trinajstić information content (AvgIpc) is 2.73. The summed E-state index contributed by atoms with van der Waals surface area (Å²) in [6.07, 6.45) is 0.394. The van der Waals surface area contributed by atoms with Gasteiger partial charge >= 0.3 is 0 Å². The predicted molar refractivity (Wildman–Crippen MR) is 70.0 cm³/mol. The molecule has 3 nitrogen and oxygen atoms in total. The first-order valence-corrected chi connectivity index (χ1v) is 6.46. The Labute approximate surface area is 109 Å². The van der Waals surface area contributed by atoms with Crippen molar-refractivity contribution < 1.29 is 4.79 Å². The van der Waals surface area contributed by atoms with Crippen LogP contribution in [0.5, 0.6) is 0 Å². The predicted octanol–water partition coefficient (Wildman–Crippen LogP) is 3.18. The third-order valence-electron chi connectivity index (χ3n) is 2.75. The number of halogens is 1. The number of ketones is 1. The molecule has 0 N–H and O–H groups in total. The Morgan fingerprint density at radius 1 is 1.47 bits per heavy atom. The topological polar surface area (TPSA) is 34.9 Å². The number of rotatable bonds is 3. The Balaban J connectivity index is 2.26. The summed E-state index contributed by atoms with van der Waals surface area (Å²) in [5.74, 6) is 0.103. The summed E-state index contributed by atoms with van der Waals surface area (Å²) in [6, 6.07) is 3.71. The number of carbonyl (C=O) groups excluding carboxylic acids is 1. The summed E-state index contributed by atoms with van der Waals surface area (Å²) in [7, 11) is 1.85. The second-order valence-electron chi connectivity index (χ2n) is 3.98. The largest absolute Gasteiger partial charge is 0.294 e. The van der Waals surface area contributed by atoms with Gasteiger partial charge in [-0.05, 0) is 26.0 Å². The lowest BCUT2D eigenvalue weighted by atomic mass is 10.1. The summed E-state index contributed by atoms with van der Waals surface area (Å²) < 4.78 is 2.46. The van der Waals surface area contributed by atoms with Gasteiger partial charge in [0, 0.05) is 24.0 Å². The minimum Gasteiger partial charge on any atom is -0.294 e. The molecular formula is C12H13ClN2OS. The van der Waals surface area contributed by atoms with E-state index in [1.54, 1.807) is 4.68 Å². The van der Waals surface area contributed by atoms with E-state index in [0.717, 1.165) is 21.8 Å². The van der Waals surface area contributed by atoms with Crippen LogP contribution in [0.15, 0.2) is 12.1 Å². The fourth-order valence-electron chi connectivity index (χ4n) is 1.87. The van der Waals surface area contributed by atoms with Gasteiger partial charge in [0.25, 0.3) is 0 Å². The molecule has 0 aromatic carbocycles. The van der Waals surface area contributed by atoms with Gasteiger partial charge in [-0.2, -0.15) is 5.10 Å². The first-order valence-electron chi connectivity index (χ1n) is 5.26. The highest BCUT2D eigenvalue weighted by molar-refractivity contribution is 7.16. The number of Topliss-reactive ketones (excluding diaryl/α,β-unsaturated/α-hetero) is 1. The van der Waals surface area contributed by atoms with Crippen LogP contribution in [0.1, 0.15) is 26.6 Å². The molecule has 0 spiro atoms. The highest BCUT2D eigenvalue weighted by Gasteiger charge is 2.18. The third-order valence-corrected chi connectivity index (χ3v) is 3.98. The molecule has 0 aliphatic rings. The normalized spacial score (nSPS) is 10.8. The average molecular weight is 269 g/mol. The van der Waals surface area contributed by atoms with Crippen LogP contribution in [0, 0.1) is 13.8 Å². The molecule has 2 aromatic rings. The molecule has 0 saturated heterocycles. The zero-order valence-electron chi connectivity index (χ0n) is 9.95. The molecular weight excluding hydrogens is 256 g/mol. The summed E-state index contributed by atoms with van der Waals surface area (Å²) >= 11 is 7.29. The molecule has 90 valence electrons. The van der Waals surface area contributed by atoms with Crippen molar-refractivity contribution in [3.8, 4) is 0 Å². The third kappa shape index (κ3) is 2.42. The van der Waals surface area contributed by atoms with Crippen LogP contribution < -0.4 is 0 Å². The van der Waals surface area contributed by atoms with Crippen molar-refractivity contribution in [2.45, 2.75) is 20.3 Å². The van der Waals surface area contributed by atoms with Gasteiger partial charge < -0.3 is 0 Å². The van der Waals surface area contributed by atoms with E-state index in [9.17, 15) is 4.79 Å². The maximum absolute atomic E-state index is 12.2. The molecule has 2 aromatic heterocycles. The van der Waals surface area contributed by atoms with E-state index in [1.807, 2.05) is 33.0 Å². The van der Waals surface area contributed by atoms with E-state index in [1.165, 1.54) is 11.3 Å². The number of nitrogens with zero attached hydrogens (tertiary/aromatic N) is 2. The molecule has 0 aliphatic heterocycles. The molecule has 2 rings (SSSR count). The fraction of sp³-hybridized carbons (Fsp3) is 0.333. The van der Waals surface area contributed by atoms with Crippen molar-refractivity contribution in [3.05, 3.63) is 38.3 Å². The standard InChI is InChI=1S/C12H13ClN2OS/c1-7-12(8(2)15(3)14-7)10(16)6-9-4-5-11(13)17-9/h4-5H,6H2,1-3H3. The maximum Gasteiger partial charge on any atom is 0.171 e. The fourth-order valence-corrected chi connectivity index (χ4v) is 2.96. The molecule has 0 amide bonds. The molecule has 0 radical (unpaired) electrons. The van der Waals surface area contributed by atoms with Gasteiger partial charge in [-0.15, -0.1) is 11.3 Å². The van der Waals surface area contributed by atoms with Crippen LogP contribution in [-0.2, 0) is 13.5 Å². The van der Waals surface area contributed by atoms with Crippen molar-refractivity contribution in [2.24, 2.45) is 7.05 Å². The number of aromatic nitrogens is 2. The highest BCUT2D eigenvalue weighted by Crippen LogP contribution is 2.23. The Morgan fingerprint density at radius 3 is 2.65 bits per heavy atom. The number of carbonyl (C=O) groups is 1. The molecule has 0 bridgehead atoms. The van der Waals surface area contributed by atoms with E-state index in [4.69, 9.17) is 11.6 Å². The Hall–Kier alpha value is -1.13. The van der Waals surface area contributed by atoms with Gasteiger partial charge in [0.1, 0.15) is 0 Å². The monoisotopic (exact) mass is 268 g/mol. The van der Waals surface area contributed by atoms with Crippen molar-refractivity contribution >= 4 is 28.7 Å². The SMILES string of the molecule is Cc1nn(C)c(C)c1C(=O)Cc1ccc(Cl)s1. The summed E-state index contributed by atoms with van der Waals surface area (Å²) in [5, 5.41) is 4.25. The maximum atomic E-state index is 12.2. The first-order chi connectivity index (χ1) is 7.99. The van der Waals surface area contributed by atoms with Crippen LogP contribution in [0.2, 0.25) is 4.34 Å². The lowest BCUT2D eigenvalue weighted by molar-refractivity contribution is 0.0992. The van der Waals surface area contributed by atoms with Gasteiger partial charge in [-0.25, -0.2) is 0 Å². The molecule has 0 atom stereocenters. The molecule has 0 fully saturated rings. The first kappa shape index (κ1) is 12.3. The van der Waals surface area contributed by atoms with Crippen molar-refractivity contribution in [3.63, 3.8) is 0 Å². The van der Waals surface area contributed by atoms with Gasteiger partial charge in [0.05, 0.1) is 15.6 Å². The van der Waals surface area contributed by atoms with Crippen LogP contribution >= 0.6 is 22.9 Å². The summed E-state index contributed by atoms with van der Waals surface area (Å²) in [5.41, 5.74) is 2.44. The van der Waals surface area contributed by atoms with E-state index in [2.05, 4.69) is 5.10 Å². The van der Waals surface area contributed by atoms with Gasteiger partial charge in [-0.1, -0.05) is 11.6 Å². The number of aryl methyl sites for hydroxylation is 2. The highest BCUT2D eigenvalue weighted by atomic mass is 35.5. The minimum absolute atomic E-state index is 0.103. The van der Waals surface area contributed by atoms with Crippen molar-refractivity contribution in [2.75, 3.05) is 0 Å². The molecule has 2 heterocycles. The number of thiophene rings is 1. The zero-order valence-corrected chi connectivity index (χ0v) is 11.5. The van der Waals surface area contributed by atoms with E-state index < -0.39 is 0 Å². The Kier molecular flexibility index (Phi) is 3.35. The van der Waals surface area contributed by atoms with Crippen LogP contribution in [0.25, 0.3) is 0 Å². The number of hydrogen-bond donors (Lipinski definition) is 0. The minimum atomic E-state index is 0.103. The molecule has 17 heavy (non-hydrogen) atoms. The van der Waals surface area contributed by atoms with Gasteiger partial charge in [-0.3, -0.25) is 9.48 Å². The van der Waals surface area contributed by atoms with E-state index in [0.29, 0.717) is 10.8 Å². The van der Waals surface area contributed by atoms with Crippen LogP contribution in [0.4, 0.5) is 0 Å².